The molecule has 1 aromatic heterocycles. The van der Waals surface area contributed by atoms with Gasteiger partial charge in [0, 0.05) is 5.69 Å². The number of nitrogens with zero attached hydrogens (tertiary/aromatic N) is 1. The Kier molecular flexibility index (Phi) is 3.65. The van der Waals surface area contributed by atoms with Gasteiger partial charge >= 0.3 is 5.97 Å². The Hall–Kier alpha value is -2.89. The van der Waals surface area contributed by atoms with Crippen LogP contribution in [0.4, 0.5) is 11.5 Å². The molecule has 102 valence electrons. The van der Waals surface area contributed by atoms with Gasteiger partial charge in [0.2, 0.25) is 0 Å². The first-order valence-corrected chi connectivity index (χ1v) is 5.86. The summed E-state index contributed by atoms with van der Waals surface area (Å²) < 4.78 is 0. The molecule has 0 fully saturated rings. The van der Waals surface area contributed by atoms with E-state index >= 15 is 0 Å². The number of carbonyl (C=O) groups is 2. The van der Waals surface area contributed by atoms with Crippen molar-refractivity contribution in [3.8, 4) is 0 Å². The molecule has 1 heterocycles. The number of benzene rings is 1. The highest BCUT2D eigenvalue weighted by Gasteiger charge is 2.17. The van der Waals surface area contributed by atoms with Gasteiger partial charge in [0.1, 0.15) is 5.82 Å². The first-order valence-electron chi connectivity index (χ1n) is 5.86. The summed E-state index contributed by atoms with van der Waals surface area (Å²) in [6.07, 6.45) is 0. The van der Waals surface area contributed by atoms with Crippen LogP contribution in [0, 0.1) is 6.92 Å². The minimum atomic E-state index is -1.15. The van der Waals surface area contributed by atoms with Crippen LogP contribution in [-0.2, 0) is 0 Å². The van der Waals surface area contributed by atoms with E-state index in [1.165, 1.54) is 6.07 Å². The number of carbonyl (C=O) groups excluding carboxylic acids is 1. The van der Waals surface area contributed by atoms with Crippen LogP contribution in [0.5, 0.6) is 0 Å². The number of para-hydroxylation sites is 1. The number of aromatic carboxylic acids is 1. The lowest BCUT2D eigenvalue weighted by Gasteiger charge is -2.11. The minimum absolute atomic E-state index is 0.0388. The largest absolute Gasteiger partial charge is 0.478 e. The molecule has 2 aromatic rings. The van der Waals surface area contributed by atoms with Gasteiger partial charge in [0.15, 0.2) is 0 Å². The summed E-state index contributed by atoms with van der Waals surface area (Å²) in [4.78, 5) is 26.6. The summed E-state index contributed by atoms with van der Waals surface area (Å²) >= 11 is 0. The Balaban J connectivity index is 2.49. The number of hydrogen-bond acceptors (Lipinski definition) is 4. The highest BCUT2D eigenvalue weighted by Crippen LogP contribution is 2.21. The van der Waals surface area contributed by atoms with Crippen molar-refractivity contribution in [1.29, 1.82) is 0 Å². The molecule has 0 aliphatic rings. The lowest BCUT2D eigenvalue weighted by atomic mass is 10.1. The van der Waals surface area contributed by atoms with Gasteiger partial charge in [-0.1, -0.05) is 18.2 Å². The molecule has 0 bridgehead atoms. The van der Waals surface area contributed by atoms with Gasteiger partial charge in [-0.05, 0) is 25.1 Å². The molecule has 6 heteroatoms. The number of rotatable bonds is 4. The summed E-state index contributed by atoms with van der Waals surface area (Å²) in [7, 11) is 0. The van der Waals surface area contributed by atoms with E-state index in [1.54, 1.807) is 19.1 Å². The molecule has 0 unspecified atom stereocenters. The van der Waals surface area contributed by atoms with E-state index in [0.717, 1.165) is 5.69 Å². The first-order chi connectivity index (χ1) is 9.49. The van der Waals surface area contributed by atoms with Crippen molar-refractivity contribution >= 4 is 23.4 Å². The predicted octanol–water partition coefficient (Wildman–Crippen LogP) is 1.93. The Bertz CT molecular complexity index is 669. The van der Waals surface area contributed by atoms with Gasteiger partial charge in [-0.3, -0.25) is 4.79 Å². The van der Waals surface area contributed by atoms with Gasteiger partial charge in [0.25, 0.3) is 5.91 Å². The third kappa shape index (κ3) is 2.74. The van der Waals surface area contributed by atoms with E-state index in [2.05, 4.69) is 10.3 Å². The third-order valence-electron chi connectivity index (χ3n) is 2.75. The Labute approximate surface area is 115 Å². The molecular weight excluding hydrogens is 258 g/mol. The van der Waals surface area contributed by atoms with Crippen molar-refractivity contribution in [2.24, 2.45) is 5.73 Å². The molecule has 2 rings (SSSR count). The molecule has 0 saturated heterocycles. The molecular formula is C14H13N3O3. The Morgan fingerprint density at radius 2 is 1.85 bits per heavy atom. The Morgan fingerprint density at radius 3 is 2.40 bits per heavy atom. The lowest BCUT2D eigenvalue weighted by Crippen LogP contribution is -2.17. The first kappa shape index (κ1) is 13.5. The number of carboxylic acids is 1. The molecule has 0 spiro atoms. The zero-order chi connectivity index (χ0) is 14.7. The number of anilines is 2. The molecule has 1 amide bonds. The minimum Gasteiger partial charge on any atom is -0.478 e. The topological polar surface area (TPSA) is 105 Å². The Morgan fingerprint density at radius 1 is 1.20 bits per heavy atom. The SMILES string of the molecule is Cc1nc(Nc2ccccc2)c(C(N)=O)cc1C(=O)O. The summed E-state index contributed by atoms with van der Waals surface area (Å²) in [6.45, 7) is 1.56. The number of pyridine rings is 1. The number of nitrogens with two attached hydrogens (primary N) is 1. The van der Waals surface area contributed by atoms with Crippen LogP contribution in [0.3, 0.4) is 0 Å². The van der Waals surface area contributed by atoms with Crippen LogP contribution in [0.25, 0.3) is 0 Å². The normalized spacial score (nSPS) is 10.1. The summed E-state index contributed by atoms with van der Waals surface area (Å²) in [5, 5.41) is 12.0. The fourth-order valence-corrected chi connectivity index (χ4v) is 1.76. The number of amides is 1. The fraction of sp³-hybridized carbons (Fsp3) is 0.0714. The van der Waals surface area contributed by atoms with Gasteiger partial charge in [-0.15, -0.1) is 0 Å². The van der Waals surface area contributed by atoms with Crippen LogP contribution in [0.15, 0.2) is 36.4 Å². The fourth-order valence-electron chi connectivity index (χ4n) is 1.76. The van der Waals surface area contributed by atoms with E-state index in [9.17, 15) is 9.59 Å². The lowest BCUT2D eigenvalue weighted by molar-refractivity contribution is 0.0695. The smallest absolute Gasteiger partial charge is 0.337 e. The molecule has 0 radical (unpaired) electrons. The molecule has 1 aromatic carbocycles. The monoisotopic (exact) mass is 271 g/mol. The van der Waals surface area contributed by atoms with E-state index in [4.69, 9.17) is 10.8 Å². The average Bonchev–Trinajstić information content (AvgIpc) is 2.39. The molecule has 0 saturated carbocycles. The number of nitrogens with one attached hydrogen (secondary N) is 1. The van der Waals surface area contributed by atoms with Crippen LogP contribution >= 0.6 is 0 Å². The van der Waals surface area contributed by atoms with E-state index in [-0.39, 0.29) is 16.9 Å². The highest BCUT2D eigenvalue weighted by atomic mass is 16.4. The molecule has 0 aliphatic heterocycles. The van der Waals surface area contributed by atoms with Gasteiger partial charge in [-0.2, -0.15) is 0 Å². The second-order valence-corrected chi connectivity index (χ2v) is 4.18. The predicted molar refractivity (Wildman–Crippen MR) is 74.2 cm³/mol. The summed E-state index contributed by atoms with van der Waals surface area (Å²) in [5.74, 6) is -1.65. The third-order valence-corrected chi connectivity index (χ3v) is 2.75. The standard InChI is InChI=1S/C14H13N3O3/c1-8-10(14(19)20)7-11(12(15)18)13(16-8)17-9-5-3-2-4-6-9/h2-7H,1H3,(H2,15,18)(H,16,17)(H,19,20). The van der Waals surface area contributed by atoms with Gasteiger partial charge in [-0.25, -0.2) is 9.78 Å². The van der Waals surface area contributed by atoms with Crippen LogP contribution in [-0.4, -0.2) is 22.0 Å². The number of carboxylic acid groups (broad SMARTS) is 1. The van der Waals surface area contributed by atoms with Crippen LogP contribution in [0.2, 0.25) is 0 Å². The number of primary amides is 1. The molecule has 20 heavy (non-hydrogen) atoms. The second-order valence-electron chi connectivity index (χ2n) is 4.18. The van der Waals surface area contributed by atoms with Crippen molar-refractivity contribution in [2.75, 3.05) is 5.32 Å². The van der Waals surface area contributed by atoms with Gasteiger partial charge in [0.05, 0.1) is 16.8 Å². The maximum Gasteiger partial charge on any atom is 0.337 e. The van der Waals surface area contributed by atoms with Crippen molar-refractivity contribution in [3.05, 3.63) is 53.2 Å². The average molecular weight is 271 g/mol. The van der Waals surface area contributed by atoms with E-state index in [0.29, 0.717) is 5.69 Å². The zero-order valence-corrected chi connectivity index (χ0v) is 10.8. The van der Waals surface area contributed by atoms with Crippen molar-refractivity contribution in [1.82, 2.24) is 4.98 Å². The van der Waals surface area contributed by atoms with Crippen LogP contribution in [0.1, 0.15) is 26.4 Å². The van der Waals surface area contributed by atoms with Crippen molar-refractivity contribution in [2.45, 2.75) is 6.92 Å². The quantitative estimate of drug-likeness (QED) is 0.788. The van der Waals surface area contributed by atoms with Gasteiger partial charge < -0.3 is 16.2 Å². The summed E-state index contributed by atoms with van der Waals surface area (Å²) in [6, 6.07) is 10.3. The molecule has 6 nitrogen and oxygen atoms in total. The molecule has 4 N–H and O–H groups in total. The maximum absolute atomic E-state index is 11.4. The van der Waals surface area contributed by atoms with Crippen LogP contribution < -0.4 is 11.1 Å². The number of hydrogen-bond donors (Lipinski definition) is 3. The van der Waals surface area contributed by atoms with E-state index in [1.807, 2.05) is 18.2 Å². The number of aromatic nitrogens is 1. The van der Waals surface area contributed by atoms with E-state index < -0.39 is 11.9 Å². The number of aryl methyl sites for hydroxylation is 1. The molecule has 0 atom stereocenters. The second kappa shape index (κ2) is 5.40. The summed E-state index contributed by atoms with van der Waals surface area (Å²) in [5.41, 5.74) is 6.30. The van der Waals surface area contributed by atoms with Crippen molar-refractivity contribution in [3.63, 3.8) is 0 Å². The zero-order valence-electron chi connectivity index (χ0n) is 10.8. The van der Waals surface area contributed by atoms with Crippen molar-refractivity contribution < 1.29 is 14.7 Å². The highest BCUT2D eigenvalue weighted by molar-refractivity contribution is 6.01. The molecule has 0 aliphatic carbocycles. The maximum atomic E-state index is 11.4.